The first kappa shape index (κ1) is 19.0. The van der Waals surface area contributed by atoms with Crippen LogP contribution in [0.4, 0.5) is 0 Å². The van der Waals surface area contributed by atoms with Crippen LogP contribution >= 0.6 is 0 Å². The summed E-state index contributed by atoms with van der Waals surface area (Å²) in [6, 6.07) is 3.12. The number of nitrogens with one attached hydrogen (secondary N) is 1. The normalized spacial score (nSPS) is 14.2. The van der Waals surface area contributed by atoms with Gasteiger partial charge in [0.05, 0.1) is 54.3 Å². The van der Waals surface area contributed by atoms with Crippen molar-refractivity contribution in [3.05, 3.63) is 43.2 Å². The van der Waals surface area contributed by atoms with Crippen molar-refractivity contribution in [2.45, 2.75) is 58.2 Å². The van der Waals surface area contributed by atoms with Gasteiger partial charge in [-0.1, -0.05) is 13.8 Å². The summed E-state index contributed by atoms with van der Waals surface area (Å²) in [5, 5.41) is 17.1. The maximum Gasteiger partial charge on any atom is 0.0999 e. The zero-order valence-corrected chi connectivity index (χ0v) is 17.6. The van der Waals surface area contributed by atoms with E-state index >= 15 is 0 Å². The van der Waals surface area contributed by atoms with E-state index in [-0.39, 0.29) is 0 Å². The summed E-state index contributed by atoms with van der Waals surface area (Å²) in [4.78, 5) is 4.99. The van der Waals surface area contributed by atoms with Crippen LogP contribution < -0.4 is 5.32 Å². The van der Waals surface area contributed by atoms with Crippen molar-refractivity contribution in [3.8, 4) is 22.5 Å². The van der Waals surface area contributed by atoms with Gasteiger partial charge >= 0.3 is 0 Å². The first-order chi connectivity index (χ1) is 14.7. The van der Waals surface area contributed by atoms with E-state index in [9.17, 15) is 0 Å². The largest absolute Gasteiger partial charge is 0.312 e. The minimum absolute atomic E-state index is 0.408. The molecule has 0 atom stereocenters. The lowest BCUT2D eigenvalue weighted by atomic mass is 10.1. The predicted octanol–water partition coefficient (Wildman–Crippen LogP) is 3.57. The van der Waals surface area contributed by atoms with E-state index in [1.54, 1.807) is 0 Å². The molecule has 4 aromatic heterocycles. The topological polar surface area (TPSA) is 77.9 Å². The molecule has 8 heteroatoms. The van der Waals surface area contributed by atoms with Crippen LogP contribution in [0.3, 0.4) is 0 Å². The van der Waals surface area contributed by atoms with Gasteiger partial charge in [-0.2, -0.15) is 15.3 Å². The zero-order chi connectivity index (χ0) is 20.5. The molecule has 1 N–H and O–H groups in total. The summed E-state index contributed by atoms with van der Waals surface area (Å²) in [6.45, 7) is 6.19. The van der Waals surface area contributed by atoms with E-state index in [1.807, 2.05) is 40.1 Å². The molecule has 4 heterocycles. The second-order valence-corrected chi connectivity index (χ2v) is 8.04. The molecule has 0 radical (unpaired) electrons. The number of hydrogen-bond donors (Lipinski definition) is 1. The molecule has 0 aromatic carbocycles. The Balaban J connectivity index is 1.45. The van der Waals surface area contributed by atoms with Crippen molar-refractivity contribution in [3.63, 3.8) is 0 Å². The highest BCUT2D eigenvalue weighted by molar-refractivity contribution is 5.78. The third-order valence-corrected chi connectivity index (χ3v) is 5.86. The molecule has 8 nitrogen and oxygen atoms in total. The molecule has 1 fully saturated rings. The average Bonchev–Trinajstić information content (AvgIpc) is 3.17. The van der Waals surface area contributed by atoms with Crippen molar-refractivity contribution < 1.29 is 0 Å². The van der Waals surface area contributed by atoms with Crippen LogP contribution in [0.25, 0.3) is 28.0 Å². The highest BCUT2D eigenvalue weighted by Gasteiger charge is 2.20. The second-order valence-electron chi connectivity index (χ2n) is 8.04. The fourth-order valence-corrected chi connectivity index (χ4v) is 3.89. The van der Waals surface area contributed by atoms with E-state index in [0.29, 0.717) is 12.1 Å². The summed E-state index contributed by atoms with van der Waals surface area (Å²) in [5.41, 5.74) is 4.73. The maximum atomic E-state index is 4.99. The van der Waals surface area contributed by atoms with Crippen LogP contribution in [0.1, 0.15) is 45.6 Å². The van der Waals surface area contributed by atoms with Gasteiger partial charge in [-0.25, -0.2) is 9.50 Å². The van der Waals surface area contributed by atoms with Gasteiger partial charge in [0.15, 0.2) is 0 Å². The monoisotopic (exact) mass is 404 g/mol. The van der Waals surface area contributed by atoms with Gasteiger partial charge in [-0.05, 0) is 31.7 Å². The smallest absolute Gasteiger partial charge is 0.0999 e. The van der Waals surface area contributed by atoms with E-state index in [0.717, 1.165) is 54.0 Å². The van der Waals surface area contributed by atoms with Gasteiger partial charge in [0.1, 0.15) is 0 Å². The first-order valence-corrected chi connectivity index (χ1v) is 10.9. The quantitative estimate of drug-likeness (QED) is 0.461. The van der Waals surface area contributed by atoms with Crippen LogP contribution in [-0.4, -0.2) is 46.7 Å². The van der Waals surface area contributed by atoms with Crippen LogP contribution in [0, 0.1) is 0 Å². The van der Waals surface area contributed by atoms with Gasteiger partial charge in [-0.3, -0.25) is 9.36 Å². The predicted molar refractivity (Wildman–Crippen MR) is 116 cm³/mol. The van der Waals surface area contributed by atoms with E-state index in [1.165, 1.54) is 12.8 Å². The van der Waals surface area contributed by atoms with Gasteiger partial charge in [-0.15, -0.1) is 0 Å². The Hall–Kier alpha value is -3.00. The van der Waals surface area contributed by atoms with Crippen LogP contribution in [0.5, 0.6) is 0 Å². The Morgan fingerprint density at radius 2 is 1.87 bits per heavy atom. The number of fused-ring (bicyclic) bond motifs is 1. The molecule has 0 bridgehead atoms. The standard InChI is InChI=1S/C22H28N8/c1-3-19(4-2)29-14-17(12-26-29)22-21-7-8-24-30(21)15-20(27-22)16-11-25-28(13-16)10-9-23-18-5-6-18/h7-8,11-15,18-19,23H,3-6,9-10H2,1-2H3. The summed E-state index contributed by atoms with van der Waals surface area (Å²) in [6.07, 6.45) is 16.4. The first-order valence-electron chi connectivity index (χ1n) is 10.9. The molecule has 156 valence electrons. The molecule has 0 unspecified atom stereocenters. The van der Waals surface area contributed by atoms with Crippen molar-refractivity contribution in [2.24, 2.45) is 0 Å². The summed E-state index contributed by atoms with van der Waals surface area (Å²) >= 11 is 0. The van der Waals surface area contributed by atoms with Crippen molar-refractivity contribution >= 4 is 5.52 Å². The molecule has 0 amide bonds. The lowest BCUT2D eigenvalue weighted by Gasteiger charge is -2.12. The Bertz CT molecular complexity index is 1130. The van der Waals surface area contributed by atoms with Crippen LogP contribution in [0.15, 0.2) is 43.2 Å². The van der Waals surface area contributed by atoms with Gasteiger partial charge in [0.2, 0.25) is 0 Å². The summed E-state index contributed by atoms with van der Waals surface area (Å²) < 4.78 is 5.92. The number of rotatable bonds is 9. The Morgan fingerprint density at radius 3 is 2.67 bits per heavy atom. The highest BCUT2D eigenvalue weighted by Crippen LogP contribution is 2.28. The van der Waals surface area contributed by atoms with Gasteiger partial charge < -0.3 is 5.32 Å². The molecule has 0 spiro atoms. The fraction of sp³-hybridized carbons (Fsp3) is 0.455. The summed E-state index contributed by atoms with van der Waals surface area (Å²) in [7, 11) is 0. The van der Waals surface area contributed by atoms with E-state index < -0.39 is 0 Å². The molecule has 30 heavy (non-hydrogen) atoms. The van der Waals surface area contributed by atoms with Crippen LogP contribution in [0.2, 0.25) is 0 Å². The van der Waals surface area contributed by atoms with Crippen LogP contribution in [-0.2, 0) is 6.54 Å². The van der Waals surface area contributed by atoms with E-state index in [4.69, 9.17) is 4.98 Å². The molecule has 1 saturated carbocycles. The SMILES string of the molecule is CCC(CC)n1cc(-c2nc(-c3cnn(CCNC4CC4)c3)cn3nccc23)cn1. The molecule has 5 rings (SSSR count). The number of hydrogen-bond acceptors (Lipinski definition) is 5. The van der Waals surface area contributed by atoms with E-state index in [2.05, 4.69) is 51.5 Å². The molecule has 1 aliphatic carbocycles. The minimum Gasteiger partial charge on any atom is -0.312 e. The molecular formula is C22H28N8. The zero-order valence-electron chi connectivity index (χ0n) is 17.6. The third-order valence-electron chi connectivity index (χ3n) is 5.86. The number of aromatic nitrogens is 7. The van der Waals surface area contributed by atoms with Gasteiger partial charge in [0, 0.05) is 36.1 Å². The summed E-state index contributed by atoms with van der Waals surface area (Å²) in [5.74, 6) is 0. The lowest BCUT2D eigenvalue weighted by Crippen LogP contribution is -2.21. The Morgan fingerprint density at radius 1 is 1.03 bits per heavy atom. The fourth-order valence-electron chi connectivity index (χ4n) is 3.89. The maximum absolute atomic E-state index is 4.99. The molecule has 1 aliphatic rings. The second kappa shape index (κ2) is 8.02. The van der Waals surface area contributed by atoms with Crippen molar-refractivity contribution in [1.82, 2.24) is 39.5 Å². The molecule has 0 aliphatic heterocycles. The highest BCUT2D eigenvalue weighted by atomic mass is 15.3. The minimum atomic E-state index is 0.408. The average molecular weight is 405 g/mol. The van der Waals surface area contributed by atoms with Gasteiger partial charge in [0.25, 0.3) is 0 Å². The molecular weight excluding hydrogens is 376 g/mol. The molecule has 4 aromatic rings. The third kappa shape index (κ3) is 3.75. The molecule has 0 saturated heterocycles. The van der Waals surface area contributed by atoms with Crippen molar-refractivity contribution in [1.29, 1.82) is 0 Å². The number of nitrogens with zero attached hydrogens (tertiary/aromatic N) is 7. The lowest BCUT2D eigenvalue weighted by molar-refractivity contribution is 0.428. The Kier molecular flexibility index (Phi) is 5.08. The van der Waals surface area contributed by atoms with Crippen molar-refractivity contribution in [2.75, 3.05) is 6.54 Å². The Labute approximate surface area is 175 Å².